The van der Waals surface area contributed by atoms with Crippen molar-refractivity contribution in [3.63, 3.8) is 0 Å². The standard InChI is InChI=1S/C16H19NO3/c1-17(16(18)15-11-19-9-10-20-15)14-8-4-6-12-5-2-3-7-13(12)14/h2-3,5,7,11,14H,4,6,8-10H2,1H3. The van der Waals surface area contributed by atoms with Crippen LogP contribution in [0.4, 0.5) is 0 Å². The molecule has 0 fully saturated rings. The zero-order valence-electron chi connectivity index (χ0n) is 11.7. The molecule has 1 aromatic rings. The quantitative estimate of drug-likeness (QED) is 0.830. The highest BCUT2D eigenvalue weighted by atomic mass is 16.6. The molecular formula is C16H19NO3. The summed E-state index contributed by atoms with van der Waals surface area (Å²) in [5.41, 5.74) is 2.60. The molecule has 0 saturated heterocycles. The van der Waals surface area contributed by atoms with Crippen LogP contribution in [-0.2, 0) is 20.7 Å². The van der Waals surface area contributed by atoms with E-state index in [4.69, 9.17) is 9.47 Å². The molecule has 1 heterocycles. The zero-order valence-corrected chi connectivity index (χ0v) is 11.7. The van der Waals surface area contributed by atoms with Gasteiger partial charge in [0.05, 0.1) is 6.04 Å². The number of rotatable bonds is 2. The molecule has 1 atom stereocenters. The molecule has 1 amide bonds. The van der Waals surface area contributed by atoms with Crippen LogP contribution in [-0.4, -0.2) is 31.1 Å². The lowest BCUT2D eigenvalue weighted by Crippen LogP contribution is -2.35. The molecule has 0 N–H and O–H groups in total. The van der Waals surface area contributed by atoms with Crippen LogP contribution in [0.15, 0.2) is 36.3 Å². The lowest BCUT2D eigenvalue weighted by atomic mass is 9.87. The molecule has 20 heavy (non-hydrogen) atoms. The number of ether oxygens (including phenoxy) is 2. The molecular weight excluding hydrogens is 254 g/mol. The molecule has 2 aliphatic rings. The molecule has 1 aliphatic carbocycles. The minimum Gasteiger partial charge on any atom is -0.494 e. The number of carbonyl (C=O) groups excluding carboxylic acids is 1. The van der Waals surface area contributed by atoms with E-state index in [0.717, 1.165) is 19.3 Å². The Kier molecular flexibility index (Phi) is 3.63. The third-order valence-corrected chi connectivity index (χ3v) is 3.99. The van der Waals surface area contributed by atoms with Gasteiger partial charge in [-0.15, -0.1) is 0 Å². The predicted molar refractivity (Wildman–Crippen MR) is 74.9 cm³/mol. The Balaban J connectivity index is 1.82. The van der Waals surface area contributed by atoms with E-state index in [-0.39, 0.29) is 11.9 Å². The molecule has 0 aromatic heterocycles. The van der Waals surface area contributed by atoms with Crippen molar-refractivity contribution in [1.29, 1.82) is 0 Å². The fraction of sp³-hybridized carbons (Fsp3) is 0.438. The first-order valence-corrected chi connectivity index (χ1v) is 7.07. The van der Waals surface area contributed by atoms with E-state index in [2.05, 4.69) is 18.2 Å². The number of benzene rings is 1. The van der Waals surface area contributed by atoms with Crippen LogP contribution in [0.1, 0.15) is 30.0 Å². The van der Waals surface area contributed by atoms with Crippen molar-refractivity contribution in [1.82, 2.24) is 4.90 Å². The predicted octanol–water partition coefficient (Wildman–Crippen LogP) is 2.41. The first-order chi connectivity index (χ1) is 9.77. The van der Waals surface area contributed by atoms with E-state index in [0.29, 0.717) is 19.0 Å². The summed E-state index contributed by atoms with van der Waals surface area (Å²) in [6.07, 6.45) is 4.62. The summed E-state index contributed by atoms with van der Waals surface area (Å²) < 4.78 is 10.6. The highest BCUT2D eigenvalue weighted by molar-refractivity contribution is 5.91. The van der Waals surface area contributed by atoms with Gasteiger partial charge in [-0.25, -0.2) is 0 Å². The largest absolute Gasteiger partial charge is 0.494 e. The maximum atomic E-state index is 12.5. The second-order valence-corrected chi connectivity index (χ2v) is 5.22. The maximum Gasteiger partial charge on any atom is 0.292 e. The maximum absolute atomic E-state index is 12.5. The summed E-state index contributed by atoms with van der Waals surface area (Å²) in [7, 11) is 1.84. The Morgan fingerprint density at radius 2 is 2.15 bits per heavy atom. The van der Waals surface area contributed by atoms with Gasteiger partial charge in [0.2, 0.25) is 5.76 Å². The Morgan fingerprint density at radius 1 is 1.30 bits per heavy atom. The zero-order chi connectivity index (χ0) is 13.9. The van der Waals surface area contributed by atoms with Crippen molar-refractivity contribution < 1.29 is 14.3 Å². The van der Waals surface area contributed by atoms with Gasteiger partial charge in [-0.05, 0) is 30.4 Å². The third-order valence-electron chi connectivity index (χ3n) is 3.99. The molecule has 4 heteroatoms. The van der Waals surface area contributed by atoms with Crippen LogP contribution in [0.2, 0.25) is 0 Å². The number of aryl methyl sites for hydroxylation is 1. The molecule has 0 bridgehead atoms. The normalized spacial score (nSPS) is 21.1. The van der Waals surface area contributed by atoms with Gasteiger partial charge in [-0.2, -0.15) is 0 Å². The summed E-state index contributed by atoms with van der Waals surface area (Å²) in [6, 6.07) is 8.49. The summed E-state index contributed by atoms with van der Waals surface area (Å²) in [6.45, 7) is 0.944. The van der Waals surface area contributed by atoms with Gasteiger partial charge in [0.1, 0.15) is 19.5 Å². The van der Waals surface area contributed by atoms with Crippen LogP contribution < -0.4 is 0 Å². The van der Waals surface area contributed by atoms with Crippen LogP contribution in [0.25, 0.3) is 0 Å². The Morgan fingerprint density at radius 3 is 2.95 bits per heavy atom. The molecule has 3 rings (SSSR count). The monoisotopic (exact) mass is 273 g/mol. The highest BCUT2D eigenvalue weighted by Gasteiger charge is 2.29. The van der Waals surface area contributed by atoms with Gasteiger partial charge < -0.3 is 14.4 Å². The summed E-state index contributed by atoms with van der Waals surface area (Å²) >= 11 is 0. The summed E-state index contributed by atoms with van der Waals surface area (Å²) in [5.74, 6) is 0.202. The minimum absolute atomic E-state index is 0.105. The Hall–Kier alpha value is -1.97. The third kappa shape index (κ3) is 2.38. The molecule has 0 spiro atoms. The van der Waals surface area contributed by atoms with Crippen molar-refractivity contribution in [2.45, 2.75) is 25.3 Å². The first-order valence-electron chi connectivity index (χ1n) is 7.07. The van der Waals surface area contributed by atoms with Crippen molar-refractivity contribution in [3.8, 4) is 0 Å². The van der Waals surface area contributed by atoms with Crippen LogP contribution >= 0.6 is 0 Å². The van der Waals surface area contributed by atoms with Gasteiger partial charge in [0, 0.05) is 7.05 Å². The smallest absolute Gasteiger partial charge is 0.292 e. The highest BCUT2D eigenvalue weighted by Crippen LogP contribution is 2.34. The topological polar surface area (TPSA) is 38.8 Å². The Labute approximate surface area is 119 Å². The lowest BCUT2D eigenvalue weighted by Gasteiger charge is -2.33. The number of nitrogens with zero attached hydrogens (tertiary/aromatic N) is 1. The molecule has 1 aliphatic heterocycles. The number of likely N-dealkylation sites (N-methyl/N-ethyl adjacent to an activating group) is 1. The molecule has 106 valence electrons. The van der Waals surface area contributed by atoms with E-state index < -0.39 is 0 Å². The van der Waals surface area contributed by atoms with Gasteiger partial charge in [-0.3, -0.25) is 4.79 Å². The van der Waals surface area contributed by atoms with Gasteiger partial charge in [0.25, 0.3) is 5.91 Å². The van der Waals surface area contributed by atoms with Crippen molar-refractivity contribution in [2.75, 3.05) is 20.3 Å². The molecule has 1 aromatic carbocycles. The SMILES string of the molecule is CN(C(=O)C1=COCCO1)C1CCCc2ccccc21. The fourth-order valence-corrected chi connectivity index (χ4v) is 2.93. The van der Waals surface area contributed by atoms with Crippen LogP contribution in [0.5, 0.6) is 0 Å². The van der Waals surface area contributed by atoms with Crippen molar-refractivity contribution in [3.05, 3.63) is 47.4 Å². The van der Waals surface area contributed by atoms with E-state index in [1.165, 1.54) is 17.4 Å². The van der Waals surface area contributed by atoms with Crippen LogP contribution in [0, 0.1) is 0 Å². The summed E-state index contributed by atoms with van der Waals surface area (Å²) in [5, 5.41) is 0. The number of fused-ring (bicyclic) bond motifs is 1. The molecule has 1 unspecified atom stereocenters. The van der Waals surface area contributed by atoms with Gasteiger partial charge in [0.15, 0.2) is 0 Å². The van der Waals surface area contributed by atoms with Crippen molar-refractivity contribution >= 4 is 5.91 Å². The molecule has 0 radical (unpaired) electrons. The van der Waals surface area contributed by atoms with E-state index in [9.17, 15) is 4.79 Å². The fourth-order valence-electron chi connectivity index (χ4n) is 2.93. The second kappa shape index (κ2) is 5.57. The first kappa shape index (κ1) is 13.0. The number of amides is 1. The average molecular weight is 273 g/mol. The number of hydrogen-bond donors (Lipinski definition) is 0. The van der Waals surface area contributed by atoms with Crippen LogP contribution in [0.3, 0.4) is 0 Å². The Bertz CT molecular complexity index is 538. The second-order valence-electron chi connectivity index (χ2n) is 5.22. The molecule has 0 saturated carbocycles. The number of carbonyl (C=O) groups is 1. The average Bonchev–Trinajstić information content (AvgIpc) is 2.54. The van der Waals surface area contributed by atoms with E-state index >= 15 is 0 Å². The van der Waals surface area contributed by atoms with Crippen molar-refractivity contribution in [2.24, 2.45) is 0 Å². The number of hydrogen-bond acceptors (Lipinski definition) is 3. The van der Waals surface area contributed by atoms with E-state index in [1.54, 1.807) is 4.90 Å². The van der Waals surface area contributed by atoms with Gasteiger partial charge in [-0.1, -0.05) is 24.3 Å². The molecule has 4 nitrogen and oxygen atoms in total. The lowest BCUT2D eigenvalue weighted by molar-refractivity contribution is -0.133. The van der Waals surface area contributed by atoms with E-state index in [1.807, 2.05) is 13.1 Å². The summed E-state index contributed by atoms with van der Waals surface area (Å²) in [4.78, 5) is 14.2. The van der Waals surface area contributed by atoms with Gasteiger partial charge >= 0.3 is 0 Å². The minimum atomic E-state index is -0.105.